The van der Waals surface area contributed by atoms with Gasteiger partial charge in [-0.15, -0.1) is 0 Å². The third-order valence-corrected chi connectivity index (χ3v) is 6.80. The standard InChI is InChI=1S/C18H16BrN3O2S/c19-15-7-5-14(6-8-15)18-17-4-2-10-21(17)11-12-22(18)25(23,24)16-3-1-9-20-13-16/h1-10,13,18H,11-12H2. The van der Waals surface area contributed by atoms with Crippen LogP contribution in [0, 0.1) is 0 Å². The van der Waals surface area contributed by atoms with Gasteiger partial charge in [-0.2, -0.15) is 4.31 Å². The molecule has 1 aliphatic rings. The molecular weight excluding hydrogens is 402 g/mol. The van der Waals surface area contributed by atoms with E-state index < -0.39 is 10.0 Å². The smallest absolute Gasteiger partial charge is 0.245 e. The molecule has 25 heavy (non-hydrogen) atoms. The van der Waals surface area contributed by atoms with Crippen molar-refractivity contribution in [2.75, 3.05) is 6.54 Å². The van der Waals surface area contributed by atoms with E-state index in [9.17, 15) is 8.42 Å². The molecule has 0 aliphatic carbocycles. The van der Waals surface area contributed by atoms with Crippen molar-refractivity contribution in [3.05, 3.63) is 82.9 Å². The van der Waals surface area contributed by atoms with E-state index in [4.69, 9.17) is 0 Å². The molecule has 1 aliphatic heterocycles. The molecule has 0 radical (unpaired) electrons. The number of halogens is 1. The zero-order chi connectivity index (χ0) is 17.4. The van der Waals surface area contributed by atoms with Gasteiger partial charge in [0.1, 0.15) is 4.90 Å². The van der Waals surface area contributed by atoms with E-state index in [0.717, 1.165) is 15.7 Å². The second kappa shape index (κ2) is 6.40. The Balaban J connectivity index is 1.85. The molecule has 0 N–H and O–H groups in total. The normalized spacial score (nSPS) is 18.0. The van der Waals surface area contributed by atoms with Gasteiger partial charge in [0.15, 0.2) is 0 Å². The molecule has 0 saturated carbocycles. The highest BCUT2D eigenvalue weighted by Crippen LogP contribution is 2.36. The zero-order valence-corrected chi connectivity index (χ0v) is 15.7. The maximum absolute atomic E-state index is 13.2. The predicted octanol–water partition coefficient (Wildman–Crippen LogP) is 3.44. The van der Waals surface area contributed by atoms with Gasteiger partial charge in [-0.3, -0.25) is 4.98 Å². The van der Waals surface area contributed by atoms with Crippen LogP contribution >= 0.6 is 15.9 Å². The molecular formula is C18H16BrN3O2S. The van der Waals surface area contributed by atoms with E-state index in [-0.39, 0.29) is 10.9 Å². The minimum atomic E-state index is -3.64. The first-order valence-electron chi connectivity index (χ1n) is 7.90. The number of nitrogens with zero attached hydrogens (tertiary/aromatic N) is 3. The van der Waals surface area contributed by atoms with Crippen LogP contribution in [0.5, 0.6) is 0 Å². The number of aromatic nitrogens is 2. The van der Waals surface area contributed by atoms with Crippen LogP contribution in [0.4, 0.5) is 0 Å². The van der Waals surface area contributed by atoms with Crippen LogP contribution in [0.15, 0.2) is 76.5 Å². The van der Waals surface area contributed by atoms with Crippen LogP contribution in [0.25, 0.3) is 0 Å². The summed E-state index contributed by atoms with van der Waals surface area (Å²) >= 11 is 3.44. The molecule has 0 saturated heterocycles. The van der Waals surface area contributed by atoms with Crippen molar-refractivity contribution in [2.45, 2.75) is 17.5 Å². The zero-order valence-electron chi connectivity index (χ0n) is 13.3. The molecule has 0 bridgehead atoms. The molecule has 4 rings (SSSR count). The van der Waals surface area contributed by atoms with Crippen molar-refractivity contribution in [3.63, 3.8) is 0 Å². The maximum Gasteiger partial charge on any atom is 0.245 e. The number of fused-ring (bicyclic) bond motifs is 1. The lowest BCUT2D eigenvalue weighted by Gasteiger charge is -2.36. The lowest BCUT2D eigenvalue weighted by atomic mass is 10.0. The Morgan fingerprint density at radius 1 is 1.04 bits per heavy atom. The van der Waals surface area contributed by atoms with Crippen molar-refractivity contribution in [3.8, 4) is 0 Å². The van der Waals surface area contributed by atoms with Gasteiger partial charge in [0.2, 0.25) is 10.0 Å². The number of hydrogen-bond donors (Lipinski definition) is 0. The Bertz CT molecular complexity index is 985. The van der Waals surface area contributed by atoms with Crippen LogP contribution in [-0.2, 0) is 16.6 Å². The quantitative estimate of drug-likeness (QED) is 0.655. The molecule has 1 unspecified atom stereocenters. The van der Waals surface area contributed by atoms with E-state index in [1.54, 1.807) is 22.6 Å². The molecule has 2 aromatic heterocycles. The van der Waals surface area contributed by atoms with Gasteiger partial charge in [-0.25, -0.2) is 8.42 Å². The van der Waals surface area contributed by atoms with Crippen LogP contribution in [0.3, 0.4) is 0 Å². The van der Waals surface area contributed by atoms with Crippen molar-refractivity contribution in [1.82, 2.24) is 13.9 Å². The lowest BCUT2D eigenvalue weighted by molar-refractivity contribution is 0.298. The van der Waals surface area contributed by atoms with Crippen LogP contribution in [0.1, 0.15) is 17.3 Å². The van der Waals surface area contributed by atoms with Gasteiger partial charge >= 0.3 is 0 Å². The highest BCUT2D eigenvalue weighted by Gasteiger charge is 2.37. The minimum absolute atomic E-state index is 0.220. The van der Waals surface area contributed by atoms with E-state index in [1.807, 2.05) is 42.6 Å². The molecule has 3 aromatic rings. The average molecular weight is 418 g/mol. The number of benzene rings is 1. The van der Waals surface area contributed by atoms with Gasteiger partial charge < -0.3 is 4.57 Å². The summed E-state index contributed by atoms with van der Waals surface area (Å²) in [5, 5.41) is 0. The van der Waals surface area contributed by atoms with E-state index in [1.165, 1.54) is 6.20 Å². The van der Waals surface area contributed by atoms with Gasteiger partial charge in [0, 0.05) is 41.8 Å². The first kappa shape index (κ1) is 16.5. The Morgan fingerprint density at radius 3 is 2.56 bits per heavy atom. The number of pyridine rings is 1. The summed E-state index contributed by atoms with van der Waals surface area (Å²) in [5.41, 5.74) is 1.91. The van der Waals surface area contributed by atoms with E-state index in [2.05, 4.69) is 25.5 Å². The summed E-state index contributed by atoms with van der Waals surface area (Å²) in [4.78, 5) is 4.19. The fourth-order valence-electron chi connectivity index (χ4n) is 3.24. The summed E-state index contributed by atoms with van der Waals surface area (Å²) in [6.45, 7) is 1.05. The number of rotatable bonds is 3. The molecule has 0 fully saturated rings. The van der Waals surface area contributed by atoms with Gasteiger partial charge in [-0.05, 0) is 42.0 Å². The van der Waals surface area contributed by atoms with Gasteiger partial charge in [-0.1, -0.05) is 28.1 Å². The molecule has 3 heterocycles. The Kier molecular flexibility index (Phi) is 4.23. The average Bonchev–Trinajstić information content (AvgIpc) is 3.11. The highest BCUT2D eigenvalue weighted by atomic mass is 79.9. The fraction of sp³-hybridized carbons (Fsp3) is 0.167. The molecule has 0 amide bonds. The first-order valence-corrected chi connectivity index (χ1v) is 10.1. The molecule has 1 aromatic carbocycles. The summed E-state index contributed by atoms with van der Waals surface area (Å²) in [6.07, 6.45) is 4.98. The highest BCUT2D eigenvalue weighted by molar-refractivity contribution is 9.10. The molecule has 7 heteroatoms. The molecule has 1 atom stereocenters. The predicted molar refractivity (Wildman–Crippen MR) is 98.5 cm³/mol. The van der Waals surface area contributed by atoms with Crippen LogP contribution < -0.4 is 0 Å². The molecule has 5 nitrogen and oxygen atoms in total. The lowest BCUT2D eigenvalue weighted by Crippen LogP contribution is -2.42. The Labute approximate surface area is 155 Å². The third kappa shape index (κ3) is 2.92. The van der Waals surface area contributed by atoms with Gasteiger partial charge in [0.25, 0.3) is 0 Å². The van der Waals surface area contributed by atoms with Crippen molar-refractivity contribution < 1.29 is 8.42 Å². The Morgan fingerprint density at radius 2 is 1.84 bits per heavy atom. The number of hydrogen-bond acceptors (Lipinski definition) is 3. The van der Waals surface area contributed by atoms with Crippen LogP contribution in [0.2, 0.25) is 0 Å². The second-order valence-electron chi connectivity index (χ2n) is 5.89. The summed E-state index contributed by atoms with van der Waals surface area (Å²) < 4.78 is 31.1. The van der Waals surface area contributed by atoms with E-state index in [0.29, 0.717) is 13.1 Å². The SMILES string of the molecule is O=S(=O)(c1cccnc1)N1CCn2cccc2C1c1ccc(Br)cc1. The topological polar surface area (TPSA) is 55.2 Å². The van der Waals surface area contributed by atoms with Crippen LogP contribution in [-0.4, -0.2) is 28.8 Å². The van der Waals surface area contributed by atoms with Gasteiger partial charge in [0.05, 0.1) is 6.04 Å². The summed E-state index contributed by atoms with van der Waals surface area (Å²) in [6, 6.07) is 14.6. The second-order valence-corrected chi connectivity index (χ2v) is 8.69. The van der Waals surface area contributed by atoms with Crippen molar-refractivity contribution in [2.24, 2.45) is 0 Å². The Hall–Kier alpha value is -1.96. The maximum atomic E-state index is 13.2. The largest absolute Gasteiger partial charge is 0.348 e. The van der Waals surface area contributed by atoms with E-state index >= 15 is 0 Å². The van der Waals surface area contributed by atoms with Crippen molar-refractivity contribution >= 4 is 26.0 Å². The third-order valence-electron chi connectivity index (χ3n) is 4.42. The molecule has 0 spiro atoms. The van der Waals surface area contributed by atoms with Crippen molar-refractivity contribution in [1.29, 1.82) is 0 Å². The monoisotopic (exact) mass is 417 g/mol. The number of sulfonamides is 1. The molecule has 128 valence electrons. The first-order chi connectivity index (χ1) is 12.1. The fourth-order valence-corrected chi connectivity index (χ4v) is 5.05. The summed E-state index contributed by atoms with van der Waals surface area (Å²) in [5.74, 6) is 0. The minimum Gasteiger partial charge on any atom is -0.348 e. The summed E-state index contributed by atoms with van der Waals surface area (Å²) in [7, 11) is -3.64.